The van der Waals surface area contributed by atoms with Crippen LogP contribution in [0.1, 0.15) is 10.4 Å². The molecule has 0 aliphatic rings. The van der Waals surface area contributed by atoms with E-state index < -0.39 is 5.97 Å². The summed E-state index contributed by atoms with van der Waals surface area (Å²) in [4.78, 5) is 10.7. The largest absolute Gasteiger partial charge is 0.478 e. The number of ether oxygens (including phenoxy) is 1. The standard InChI is InChI=1S/C9H11NO3/c1-13-6-10-8-5-3-2-4-7(8)9(11)12/h2-5,10H,6H2,1H3,(H,11,12). The molecule has 13 heavy (non-hydrogen) atoms. The number of hydrogen-bond donors (Lipinski definition) is 2. The Kier molecular flexibility index (Phi) is 3.28. The van der Waals surface area contributed by atoms with E-state index in [4.69, 9.17) is 9.84 Å². The van der Waals surface area contributed by atoms with E-state index in [1.54, 1.807) is 24.3 Å². The molecule has 0 heterocycles. The van der Waals surface area contributed by atoms with Crippen molar-refractivity contribution in [2.45, 2.75) is 0 Å². The van der Waals surface area contributed by atoms with Gasteiger partial charge in [0, 0.05) is 7.11 Å². The molecule has 0 aromatic heterocycles. The molecule has 0 aliphatic heterocycles. The second-order valence-electron chi connectivity index (χ2n) is 2.46. The number of rotatable bonds is 4. The average molecular weight is 181 g/mol. The maximum absolute atomic E-state index is 10.7. The number of hydrogen-bond acceptors (Lipinski definition) is 3. The first-order valence-corrected chi connectivity index (χ1v) is 3.81. The van der Waals surface area contributed by atoms with Gasteiger partial charge >= 0.3 is 5.97 Å². The summed E-state index contributed by atoms with van der Waals surface area (Å²) >= 11 is 0. The van der Waals surface area contributed by atoms with E-state index in [-0.39, 0.29) is 5.56 Å². The maximum atomic E-state index is 10.7. The van der Waals surface area contributed by atoms with E-state index in [9.17, 15) is 4.79 Å². The minimum Gasteiger partial charge on any atom is -0.478 e. The fraction of sp³-hybridized carbons (Fsp3) is 0.222. The first kappa shape index (κ1) is 9.54. The van der Waals surface area contributed by atoms with Crippen molar-refractivity contribution in [1.82, 2.24) is 0 Å². The highest BCUT2D eigenvalue weighted by Gasteiger charge is 2.07. The molecule has 0 amide bonds. The third-order valence-electron chi connectivity index (χ3n) is 1.56. The summed E-state index contributed by atoms with van der Waals surface area (Å²) in [6, 6.07) is 6.69. The van der Waals surface area contributed by atoms with Gasteiger partial charge in [-0.3, -0.25) is 0 Å². The van der Waals surface area contributed by atoms with Crippen LogP contribution in [0.5, 0.6) is 0 Å². The fourth-order valence-corrected chi connectivity index (χ4v) is 0.974. The summed E-state index contributed by atoms with van der Waals surface area (Å²) in [7, 11) is 1.54. The number of aromatic carboxylic acids is 1. The molecule has 4 heteroatoms. The van der Waals surface area contributed by atoms with E-state index >= 15 is 0 Å². The lowest BCUT2D eigenvalue weighted by Crippen LogP contribution is -2.08. The van der Waals surface area contributed by atoms with E-state index in [1.807, 2.05) is 0 Å². The Labute approximate surface area is 76.1 Å². The zero-order valence-corrected chi connectivity index (χ0v) is 7.28. The van der Waals surface area contributed by atoms with Crippen LogP contribution in [0.15, 0.2) is 24.3 Å². The van der Waals surface area contributed by atoms with Gasteiger partial charge in [0.05, 0.1) is 11.3 Å². The predicted octanol–water partition coefficient (Wildman–Crippen LogP) is 1.40. The first-order valence-electron chi connectivity index (χ1n) is 3.81. The summed E-state index contributed by atoms with van der Waals surface area (Å²) in [6.45, 7) is 0.296. The second-order valence-corrected chi connectivity index (χ2v) is 2.46. The van der Waals surface area contributed by atoms with Crippen molar-refractivity contribution in [2.24, 2.45) is 0 Å². The number of carboxylic acid groups (broad SMARTS) is 1. The Morgan fingerprint density at radius 2 is 2.23 bits per heavy atom. The lowest BCUT2D eigenvalue weighted by Gasteiger charge is -2.07. The molecular weight excluding hydrogens is 170 g/mol. The zero-order valence-electron chi connectivity index (χ0n) is 7.28. The van der Waals surface area contributed by atoms with Crippen LogP contribution in [0.3, 0.4) is 0 Å². The summed E-state index contributed by atoms with van der Waals surface area (Å²) in [5.74, 6) is -0.945. The van der Waals surface area contributed by atoms with Crippen LogP contribution >= 0.6 is 0 Å². The van der Waals surface area contributed by atoms with Gasteiger partial charge in [-0.2, -0.15) is 0 Å². The van der Waals surface area contributed by atoms with Gasteiger partial charge in [-0.15, -0.1) is 0 Å². The van der Waals surface area contributed by atoms with Gasteiger partial charge in [-0.25, -0.2) is 4.79 Å². The number of benzene rings is 1. The van der Waals surface area contributed by atoms with Gasteiger partial charge in [0.1, 0.15) is 6.73 Å². The summed E-state index contributed by atoms with van der Waals surface area (Å²) in [5.41, 5.74) is 0.816. The highest BCUT2D eigenvalue weighted by Crippen LogP contribution is 2.13. The molecule has 0 saturated carbocycles. The highest BCUT2D eigenvalue weighted by molar-refractivity contribution is 5.94. The van der Waals surface area contributed by atoms with Gasteiger partial charge in [0.25, 0.3) is 0 Å². The van der Waals surface area contributed by atoms with Crippen molar-refractivity contribution < 1.29 is 14.6 Å². The van der Waals surface area contributed by atoms with E-state index in [0.717, 1.165) is 0 Å². The molecule has 0 spiro atoms. The molecule has 0 saturated heterocycles. The highest BCUT2D eigenvalue weighted by atomic mass is 16.5. The fourth-order valence-electron chi connectivity index (χ4n) is 0.974. The van der Waals surface area contributed by atoms with Crippen LogP contribution in [-0.2, 0) is 4.74 Å². The maximum Gasteiger partial charge on any atom is 0.337 e. The minimum absolute atomic E-state index is 0.250. The van der Waals surface area contributed by atoms with E-state index in [2.05, 4.69) is 5.32 Å². The van der Waals surface area contributed by atoms with Crippen LogP contribution in [0, 0.1) is 0 Å². The first-order chi connectivity index (χ1) is 6.25. The number of para-hydroxylation sites is 1. The molecule has 0 bridgehead atoms. The van der Waals surface area contributed by atoms with Crippen molar-refractivity contribution in [3.05, 3.63) is 29.8 Å². The monoisotopic (exact) mass is 181 g/mol. The Hall–Kier alpha value is -1.55. The minimum atomic E-state index is -0.945. The van der Waals surface area contributed by atoms with Gasteiger partial charge < -0.3 is 15.2 Å². The molecule has 70 valence electrons. The van der Waals surface area contributed by atoms with Gasteiger partial charge in [0.2, 0.25) is 0 Å². The third kappa shape index (κ3) is 2.45. The van der Waals surface area contributed by atoms with Crippen molar-refractivity contribution in [3.63, 3.8) is 0 Å². The van der Waals surface area contributed by atoms with Gasteiger partial charge in [-0.05, 0) is 12.1 Å². The SMILES string of the molecule is COCNc1ccccc1C(=O)O. The van der Waals surface area contributed by atoms with Crippen molar-refractivity contribution in [1.29, 1.82) is 0 Å². The number of methoxy groups -OCH3 is 1. The molecule has 1 rings (SSSR count). The lowest BCUT2D eigenvalue weighted by molar-refractivity contribution is 0.0698. The molecule has 4 nitrogen and oxygen atoms in total. The normalized spacial score (nSPS) is 9.62. The third-order valence-corrected chi connectivity index (χ3v) is 1.56. The Morgan fingerprint density at radius 1 is 1.54 bits per heavy atom. The molecule has 0 aliphatic carbocycles. The lowest BCUT2D eigenvalue weighted by atomic mass is 10.2. The van der Waals surface area contributed by atoms with Crippen LogP contribution in [0.2, 0.25) is 0 Å². The van der Waals surface area contributed by atoms with Gasteiger partial charge in [0.15, 0.2) is 0 Å². The summed E-state index contributed by atoms with van der Waals surface area (Å²) in [6.07, 6.45) is 0. The topological polar surface area (TPSA) is 58.6 Å². The van der Waals surface area contributed by atoms with Crippen molar-refractivity contribution in [3.8, 4) is 0 Å². The molecule has 1 aromatic carbocycles. The van der Waals surface area contributed by atoms with Crippen molar-refractivity contribution >= 4 is 11.7 Å². The molecule has 0 fully saturated rings. The van der Waals surface area contributed by atoms with E-state index in [1.165, 1.54) is 7.11 Å². The van der Waals surface area contributed by atoms with Crippen LogP contribution in [-0.4, -0.2) is 24.9 Å². The number of anilines is 1. The smallest absolute Gasteiger partial charge is 0.337 e. The molecule has 0 unspecified atom stereocenters. The second kappa shape index (κ2) is 4.47. The molecular formula is C9H11NO3. The average Bonchev–Trinajstić information content (AvgIpc) is 2.15. The molecule has 1 aromatic rings. The Balaban J connectivity index is 2.84. The molecule has 0 atom stereocenters. The van der Waals surface area contributed by atoms with Crippen LogP contribution in [0.25, 0.3) is 0 Å². The van der Waals surface area contributed by atoms with E-state index in [0.29, 0.717) is 12.4 Å². The number of carboxylic acids is 1. The summed E-state index contributed by atoms with van der Waals surface area (Å²) in [5, 5.41) is 11.6. The molecule has 2 N–H and O–H groups in total. The quantitative estimate of drug-likeness (QED) is 0.689. The number of carbonyl (C=O) groups is 1. The van der Waals surface area contributed by atoms with Crippen molar-refractivity contribution in [2.75, 3.05) is 19.2 Å². The zero-order chi connectivity index (χ0) is 9.68. The Morgan fingerprint density at radius 3 is 2.85 bits per heavy atom. The van der Waals surface area contributed by atoms with Gasteiger partial charge in [-0.1, -0.05) is 12.1 Å². The number of nitrogens with one attached hydrogen (secondary N) is 1. The predicted molar refractivity (Wildman–Crippen MR) is 48.9 cm³/mol. The Bertz CT molecular complexity index is 299. The summed E-state index contributed by atoms with van der Waals surface area (Å²) < 4.78 is 4.78. The van der Waals surface area contributed by atoms with Crippen LogP contribution < -0.4 is 5.32 Å². The van der Waals surface area contributed by atoms with Crippen LogP contribution in [0.4, 0.5) is 5.69 Å². The molecule has 0 radical (unpaired) electrons.